The van der Waals surface area contributed by atoms with Gasteiger partial charge in [0.25, 0.3) is 5.96 Å². The maximum Gasteiger partial charge on any atom is 0.365 e. The molecule has 0 bridgehead atoms. The highest BCUT2D eigenvalue weighted by molar-refractivity contribution is 8.15. The van der Waals surface area contributed by atoms with Gasteiger partial charge < -0.3 is 5.32 Å². The van der Waals surface area contributed by atoms with Crippen molar-refractivity contribution in [2.75, 3.05) is 27.7 Å². The Kier molecular flexibility index (Phi) is 8.62. The van der Waals surface area contributed by atoms with Gasteiger partial charge in [0.05, 0.1) is 7.11 Å². The molecule has 0 saturated heterocycles. The number of nitrogens with one attached hydrogen (secondary N) is 2. The van der Waals surface area contributed by atoms with Crippen LogP contribution in [0.25, 0.3) is 4.95 Å². The molecule has 35 heavy (non-hydrogen) atoms. The highest BCUT2D eigenvalue weighted by atomic mass is 32.2. The minimum atomic E-state index is -1.07. The average molecular weight is 502 g/mol. The number of benzene rings is 2. The summed E-state index contributed by atoms with van der Waals surface area (Å²) >= 11 is 1.17. The lowest BCUT2D eigenvalue weighted by molar-refractivity contribution is -0.0805. The van der Waals surface area contributed by atoms with Crippen LogP contribution in [0.5, 0.6) is 0 Å². The summed E-state index contributed by atoms with van der Waals surface area (Å²) in [5, 5.41) is 9.93. The number of carbonyl (C=O) groups is 1. The Morgan fingerprint density at radius 3 is 2.71 bits per heavy atom. The first kappa shape index (κ1) is 25.9. The minimum absolute atomic E-state index is 0.0366. The van der Waals surface area contributed by atoms with Gasteiger partial charge in [-0.1, -0.05) is 47.5 Å². The number of halogens is 2. The van der Waals surface area contributed by atoms with E-state index < -0.39 is 22.5 Å². The van der Waals surface area contributed by atoms with Crippen LogP contribution in [0.15, 0.2) is 58.6 Å². The van der Waals surface area contributed by atoms with Crippen LogP contribution in [0.2, 0.25) is 0 Å². The van der Waals surface area contributed by atoms with Crippen LogP contribution in [-0.4, -0.2) is 54.9 Å². The maximum atomic E-state index is 14.7. The zero-order valence-electron chi connectivity index (χ0n) is 19.5. The summed E-state index contributed by atoms with van der Waals surface area (Å²) in [5.74, 6) is -0.944. The molecule has 1 atom stereocenters. The summed E-state index contributed by atoms with van der Waals surface area (Å²) in [6.45, 7) is 7.35. The fourth-order valence-corrected chi connectivity index (χ4v) is 4.93. The van der Waals surface area contributed by atoms with Gasteiger partial charge in [0.2, 0.25) is 0 Å². The molecule has 0 spiro atoms. The summed E-state index contributed by atoms with van der Waals surface area (Å²) in [5.41, 5.74) is 3.14. The molecule has 12 heteroatoms. The van der Waals surface area contributed by atoms with Crippen LogP contribution in [0.1, 0.15) is 24.0 Å². The molecular formula is C23H25F2N7O2S. The van der Waals surface area contributed by atoms with E-state index in [-0.39, 0.29) is 10.6 Å². The lowest BCUT2D eigenvalue weighted by Crippen LogP contribution is -2.47. The van der Waals surface area contributed by atoms with Crippen LogP contribution in [0.4, 0.5) is 13.6 Å². The van der Waals surface area contributed by atoms with Crippen molar-refractivity contribution in [2.24, 2.45) is 10.1 Å². The molecule has 184 valence electrons. The number of aliphatic imine (C=N–C) groups is 1. The Labute approximate surface area is 206 Å². The first-order chi connectivity index (χ1) is 16.9. The number of hydrogen-bond acceptors (Lipinski definition) is 5. The lowest BCUT2D eigenvalue weighted by atomic mass is 10.0. The summed E-state index contributed by atoms with van der Waals surface area (Å²) in [7, 11) is 4.34. The van der Waals surface area contributed by atoms with Crippen LogP contribution < -0.4 is 10.7 Å². The van der Waals surface area contributed by atoms with Crippen molar-refractivity contribution < 1.29 is 18.4 Å². The molecule has 1 unspecified atom stereocenters. The topological polar surface area (TPSA) is 85.9 Å². The van der Waals surface area contributed by atoms with Gasteiger partial charge >= 0.3 is 6.03 Å². The lowest BCUT2D eigenvalue weighted by Gasteiger charge is -2.37. The number of urea groups is 1. The van der Waals surface area contributed by atoms with E-state index in [4.69, 9.17) is 11.4 Å². The van der Waals surface area contributed by atoms with Crippen molar-refractivity contribution in [1.29, 1.82) is 0 Å². The standard InChI is InChI=1S/C23H25F2N7O2S/c1-26-21(29-27-2)28-14-8-13-23(16-9-6-5-7-10-16)32(22(33)31(3)34-4)30-20(35-23)18-15-17(24)11-12-19(18)25/h5-7,9-12,15H,8,13-14H2,1,3-4H3,(H2,26,28,29). The molecule has 1 aliphatic rings. The third-order valence-corrected chi connectivity index (χ3v) is 6.72. The number of hydrazone groups is 1. The van der Waals surface area contributed by atoms with Crippen LogP contribution >= 0.6 is 11.8 Å². The Morgan fingerprint density at radius 1 is 1.31 bits per heavy atom. The molecular weight excluding hydrogens is 476 g/mol. The van der Waals surface area contributed by atoms with E-state index in [2.05, 4.69) is 25.8 Å². The molecule has 0 radical (unpaired) electrons. The predicted molar refractivity (Wildman–Crippen MR) is 131 cm³/mol. The quantitative estimate of drug-likeness (QED) is 0.198. The van der Waals surface area contributed by atoms with Crippen LogP contribution in [0, 0.1) is 18.2 Å². The molecule has 0 fully saturated rings. The van der Waals surface area contributed by atoms with Crippen molar-refractivity contribution in [3.63, 3.8) is 0 Å². The second kappa shape index (κ2) is 11.6. The van der Waals surface area contributed by atoms with Gasteiger partial charge in [-0.3, -0.25) is 9.83 Å². The summed E-state index contributed by atoms with van der Waals surface area (Å²) in [6.07, 6.45) is 0.909. The van der Waals surface area contributed by atoms with E-state index >= 15 is 0 Å². The molecule has 2 amide bonds. The molecule has 2 N–H and O–H groups in total. The third kappa shape index (κ3) is 5.70. The zero-order chi connectivity index (χ0) is 25.4. The largest absolute Gasteiger partial charge is 0.365 e. The van der Waals surface area contributed by atoms with Crippen molar-refractivity contribution in [1.82, 2.24) is 20.8 Å². The van der Waals surface area contributed by atoms with Crippen molar-refractivity contribution in [3.8, 4) is 0 Å². The van der Waals surface area contributed by atoms with Crippen molar-refractivity contribution >= 4 is 28.8 Å². The second-order valence-corrected chi connectivity index (χ2v) is 8.65. The summed E-state index contributed by atoms with van der Waals surface area (Å²) in [4.78, 5) is 24.4. The van der Waals surface area contributed by atoms with Crippen molar-refractivity contribution in [3.05, 3.63) is 82.8 Å². The van der Waals surface area contributed by atoms with E-state index in [1.807, 2.05) is 30.3 Å². The third-order valence-electron chi connectivity index (χ3n) is 5.28. The van der Waals surface area contributed by atoms with Crippen LogP contribution in [0.3, 0.4) is 0 Å². The van der Waals surface area contributed by atoms with E-state index in [1.54, 1.807) is 7.05 Å². The number of nitrogens with zero attached hydrogens (tertiary/aromatic N) is 5. The number of hydroxylamine groups is 2. The first-order valence-electron chi connectivity index (χ1n) is 10.6. The van der Waals surface area contributed by atoms with Gasteiger partial charge in [-0.2, -0.15) is 21.6 Å². The summed E-state index contributed by atoms with van der Waals surface area (Å²) in [6, 6.07) is 11.8. The van der Waals surface area contributed by atoms with Crippen LogP contribution in [-0.2, 0) is 9.71 Å². The number of thioether (sulfide) groups is 1. The fourth-order valence-electron chi connectivity index (χ4n) is 3.51. The monoisotopic (exact) mass is 501 g/mol. The number of guanidine groups is 1. The Balaban J connectivity index is 2.01. The van der Waals surface area contributed by atoms with Crippen molar-refractivity contribution in [2.45, 2.75) is 17.7 Å². The fraction of sp³-hybridized carbons (Fsp3) is 0.304. The number of hydrogen-bond donors (Lipinski definition) is 2. The van der Waals surface area contributed by atoms with E-state index in [1.165, 1.54) is 30.9 Å². The Hall–Kier alpha value is -3.69. The average Bonchev–Trinajstić information content (AvgIpc) is 3.27. The Morgan fingerprint density at radius 2 is 2.06 bits per heavy atom. The molecule has 0 aromatic heterocycles. The molecule has 1 aliphatic heterocycles. The highest BCUT2D eigenvalue weighted by Gasteiger charge is 2.49. The van der Waals surface area contributed by atoms with E-state index in [0.29, 0.717) is 25.3 Å². The van der Waals surface area contributed by atoms with Gasteiger partial charge in [0, 0.05) is 26.2 Å². The molecule has 0 aliphatic carbocycles. The molecule has 2 aromatic rings. The van der Waals surface area contributed by atoms with Gasteiger partial charge in [-0.25, -0.2) is 18.6 Å². The molecule has 9 nitrogen and oxygen atoms in total. The van der Waals surface area contributed by atoms with E-state index in [0.717, 1.165) is 28.8 Å². The Bertz CT molecular complexity index is 1160. The van der Waals surface area contributed by atoms with Gasteiger partial charge in [0.1, 0.15) is 21.5 Å². The second-order valence-electron chi connectivity index (χ2n) is 7.38. The smallest absolute Gasteiger partial charge is 0.351 e. The molecule has 2 aromatic carbocycles. The maximum absolute atomic E-state index is 14.7. The SMILES string of the molecule is [C-]#[N+]NC(=NC)NCCCC1(c2ccccc2)SC(c2cc(F)ccc2F)=NN1C(=O)N(C)OC. The van der Waals surface area contributed by atoms with Gasteiger partial charge in [-0.15, -0.1) is 0 Å². The minimum Gasteiger partial charge on any atom is -0.351 e. The molecule has 1 heterocycles. The van der Waals surface area contributed by atoms with Gasteiger partial charge in [-0.05, 0) is 36.6 Å². The first-order valence-corrected chi connectivity index (χ1v) is 11.4. The number of carbonyl (C=O) groups excluding carboxylic acids is 1. The molecule has 0 saturated carbocycles. The van der Waals surface area contributed by atoms with E-state index in [9.17, 15) is 13.6 Å². The zero-order valence-corrected chi connectivity index (χ0v) is 20.3. The highest BCUT2D eigenvalue weighted by Crippen LogP contribution is 2.50. The summed E-state index contributed by atoms with van der Waals surface area (Å²) < 4.78 is 28.7. The predicted octanol–water partition coefficient (Wildman–Crippen LogP) is 3.92. The number of rotatable bonds is 7. The van der Waals surface area contributed by atoms with Gasteiger partial charge in [0.15, 0.2) is 0 Å². The normalized spacial score (nSPS) is 17.5. The molecule has 3 rings (SSSR count). The number of amides is 2.